The van der Waals surface area contributed by atoms with Gasteiger partial charge in [0.05, 0.1) is 5.56 Å². The second-order valence-electron chi connectivity index (χ2n) is 5.23. The number of aromatic nitrogens is 1. The van der Waals surface area contributed by atoms with E-state index in [1.54, 1.807) is 12.3 Å². The molecule has 0 radical (unpaired) electrons. The lowest BCUT2D eigenvalue weighted by Gasteiger charge is -2.18. The molecule has 2 heterocycles. The molecule has 1 aliphatic heterocycles. The lowest BCUT2D eigenvalue weighted by molar-refractivity contribution is 0.100. The molecule has 0 aliphatic carbocycles. The lowest BCUT2D eigenvalue weighted by atomic mass is 9.97. The van der Waals surface area contributed by atoms with Crippen molar-refractivity contribution >= 4 is 22.6 Å². The van der Waals surface area contributed by atoms with Crippen molar-refractivity contribution in [2.45, 2.75) is 0 Å². The molecule has 0 saturated heterocycles. The summed E-state index contributed by atoms with van der Waals surface area (Å²) >= 11 is 0. The van der Waals surface area contributed by atoms with Gasteiger partial charge in [-0.25, -0.2) is 0 Å². The van der Waals surface area contributed by atoms with Gasteiger partial charge in [0.1, 0.15) is 12.4 Å². The molecule has 0 amide bonds. The van der Waals surface area contributed by atoms with Crippen LogP contribution in [0.2, 0.25) is 0 Å². The first-order chi connectivity index (χ1) is 10.8. The van der Waals surface area contributed by atoms with Crippen LogP contribution in [0.1, 0.15) is 15.9 Å². The second-order valence-corrected chi connectivity index (χ2v) is 5.23. The first-order valence-corrected chi connectivity index (χ1v) is 7.13. The van der Waals surface area contributed by atoms with E-state index in [-0.39, 0.29) is 5.78 Å². The number of pyridine rings is 1. The third kappa shape index (κ3) is 2.07. The Hall–Kier alpha value is -2.94. The molecular weight excluding hydrogens is 274 g/mol. The number of ether oxygens (including phenoxy) is 1. The lowest BCUT2D eigenvalue weighted by Crippen LogP contribution is -2.18. The largest absolute Gasteiger partial charge is 0.488 e. The molecule has 106 valence electrons. The monoisotopic (exact) mass is 287 g/mol. The maximum Gasteiger partial charge on any atom is 0.196 e. The summed E-state index contributed by atoms with van der Waals surface area (Å²) in [6, 6.07) is 15.3. The highest BCUT2D eigenvalue weighted by atomic mass is 16.5. The molecule has 0 saturated carbocycles. The Balaban J connectivity index is 1.82. The molecule has 0 fully saturated rings. The van der Waals surface area contributed by atoms with Crippen molar-refractivity contribution in [2.24, 2.45) is 0 Å². The molecule has 3 aromatic rings. The first-order valence-electron chi connectivity index (χ1n) is 7.13. The van der Waals surface area contributed by atoms with Crippen LogP contribution in [-0.4, -0.2) is 17.4 Å². The minimum absolute atomic E-state index is 0.0229. The van der Waals surface area contributed by atoms with Gasteiger partial charge in [0.15, 0.2) is 5.78 Å². The van der Waals surface area contributed by atoms with E-state index >= 15 is 0 Å². The summed E-state index contributed by atoms with van der Waals surface area (Å²) in [6.07, 6.45) is 5.49. The smallest absolute Gasteiger partial charge is 0.196 e. The molecule has 0 bridgehead atoms. The van der Waals surface area contributed by atoms with Crippen molar-refractivity contribution in [3.63, 3.8) is 0 Å². The van der Waals surface area contributed by atoms with Gasteiger partial charge in [0.25, 0.3) is 0 Å². The standard InChI is InChI=1S/C19H13NO2/c21-19-15(12-22-18-8-4-3-7-17(18)19)9-14-11-20-10-13-5-1-2-6-16(13)14/h1-11H,12H2/b15-9-. The molecule has 1 aromatic heterocycles. The van der Waals surface area contributed by atoms with Crippen LogP contribution in [0.25, 0.3) is 16.8 Å². The molecule has 0 unspecified atom stereocenters. The minimum atomic E-state index is 0.0229. The van der Waals surface area contributed by atoms with Crippen LogP contribution >= 0.6 is 0 Å². The third-order valence-electron chi connectivity index (χ3n) is 3.84. The summed E-state index contributed by atoms with van der Waals surface area (Å²) in [6.45, 7) is 0.291. The van der Waals surface area contributed by atoms with Crippen molar-refractivity contribution in [3.8, 4) is 5.75 Å². The molecule has 22 heavy (non-hydrogen) atoms. The van der Waals surface area contributed by atoms with E-state index in [0.717, 1.165) is 16.3 Å². The molecule has 3 heteroatoms. The number of para-hydroxylation sites is 1. The fourth-order valence-electron chi connectivity index (χ4n) is 2.72. The predicted octanol–water partition coefficient (Wildman–Crippen LogP) is 3.89. The van der Waals surface area contributed by atoms with Crippen LogP contribution < -0.4 is 4.74 Å². The van der Waals surface area contributed by atoms with Crippen molar-refractivity contribution in [1.29, 1.82) is 0 Å². The SMILES string of the molecule is O=C1/C(=C\c2cncc3ccccc23)COc2ccccc21. The maximum atomic E-state index is 12.6. The van der Waals surface area contributed by atoms with E-state index in [1.807, 2.05) is 54.7 Å². The van der Waals surface area contributed by atoms with Crippen molar-refractivity contribution < 1.29 is 9.53 Å². The van der Waals surface area contributed by atoms with Gasteiger partial charge in [0.2, 0.25) is 0 Å². The predicted molar refractivity (Wildman–Crippen MR) is 86.0 cm³/mol. The van der Waals surface area contributed by atoms with Gasteiger partial charge < -0.3 is 4.74 Å². The molecule has 0 N–H and O–H groups in total. The number of hydrogen-bond acceptors (Lipinski definition) is 3. The molecule has 0 atom stereocenters. The summed E-state index contributed by atoms with van der Waals surface area (Å²) in [7, 11) is 0. The van der Waals surface area contributed by atoms with Crippen LogP contribution in [0, 0.1) is 0 Å². The highest BCUT2D eigenvalue weighted by Crippen LogP contribution is 2.28. The van der Waals surface area contributed by atoms with Gasteiger partial charge in [-0.15, -0.1) is 0 Å². The number of benzene rings is 2. The topological polar surface area (TPSA) is 39.2 Å². The zero-order valence-electron chi connectivity index (χ0n) is 11.8. The third-order valence-corrected chi connectivity index (χ3v) is 3.84. The van der Waals surface area contributed by atoms with Crippen LogP contribution in [-0.2, 0) is 0 Å². The fourth-order valence-corrected chi connectivity index (χ4v) is 2.72. The number of hydrogen-bond donors (Lipinski definition) is 0. The first kappa shape index (κ1) is 12.8. The minimum Gasteiger partial charge on any atom is -0.488 e. The Labute approximate surface area is 127 Å². The van der Waals surface area contributed by atoms with Crippen LogP contribution in [0.15, 0.2) is 66.5 Å². The Morgan fingerprint density at radius 3 is 2.77 bits per heavy atom. The van der Waals surface area contributed by atoms with Crippen molar-refractivity contribution in [3.05, 3.63) is 77.6 Å². The van der Waals surface area contributed by atoms with Crippen molar-refractivity contribution in [2.75, 3.05) is 6.61 Å². The zero-order valence-corrected chi connectivity index (χ0v) is 11.8. The van der Waals surface area contributed by atoms with E-state index in [0.29, 0.717) is 23.5 Å². The van der Waals surface area contributed by atoms with Crippen molar-refractivity contribution in [1.82, 2.24) is 4.98 Å². The normalized spacial score (nSPS) is 15.6. The van der Waals surface area contributed by atoms with Gasteiger partial charge in [-0.1, -0.05) is 36.4 Å². The van der Waals surface area contributed by atoms with E-state index in [9.17, 15) is 4.79 Å². The number of carbonyl (C=O) groups excluding carboxylic acids is 1. The number of Topliss-reactive ketones (excluding diaryl/α,β-unsaturated/α-hetero) is 1. The molecule has 3 nitrogen and oxygen atoms in total. The second kappa shape index (κ2) is 5.11. The van der Waals surface area contributed by atoms with Crippen LogP contribution in [0.3, 0.4) is 0 Å². The van der Waals surface area contributed by atoms with E-state index < -0.39 is 0 Å². The summed E-state index contributed by atoms with van der Waals surface area (Å²) in [4.78, 5) is 16.8. The number of ketones is 1. The van der Waals surface area contributed by atoms with E-state index in [2.05, 4.69) is 4.98 Å². The van der Waals surface area contributed by atoms with Crippen LogP contribution in [0.4, 0.5) is 0 Å². The molecular formula is C19H13NO2. The number of fused-ring (bicyclic) bond motifs is 2. The van der Waals surface area contributed by atoms with Crippen LogP contribution in [0.5, 0.6) is 5.75 Å². The number of carbonyl (C=O) groups is 1. The van der Waals surface area contributed by atoms with Gasteiger partial charge >= 0.3 is 0 Å². The van der Waals surface area contributed by atoms with Gasteiger partial charge in [-0.2, -0.15) is 0 Å². The highest BCUT2D eigenvalue weighted by Gasteiger charge is 2.22. The molecule has 0 spiro atoms. The highest BCUT2D eigenvalue weighted by molar-refractivity contribution is 6.14. The summed E-state index contributed by atoms with van der Waals surface area (Å²) in [5.41, 5.74) is 2.20. The Morgan fingerprint density at radius 1 is 1.00 bits per heavy atom. The average Bonchev–Trinajstić information content (AvgIpc) is 2.58. The zero-order chi connectivity index (χ0) is 14.9. The number of nitrogens with zero attached hydrogens (tertiary/aromatic N) is 1. The molecule has 4 rings (SSSR count). The van der Waals surface area contributed by atoms with Gasteiger partial charge in [-0.05, 0) is 23.6 Å². The quantitative estimate of drug-likeness (QED) is 0.637. The van der Waals surface area contributed by atoms with E-state index in [4.69, 9.17) is 4.74 Å². The molecule has 2 aromatic carbocycles. The summed E-state index contributed by atoms with van der Waals surface area (Å²) in [5, 5.41) is 2.14. The Bertz CT molecular complexity index is 907. The van der Waals surface area contributed by atoms with Gasteiger partial charge in [0, 0.05) is 28.9 Å². The van der Waals surface area contributed by atoms with Gasteiger partial charge in [-0.3, -0.25) is 9.78 Å². The average molecular weight is 287 g/mol. The summed E-state index contributed by atoms with van der Waals surface area (Å²) < 4.78 is 5.68. The Kier molecular flexibility index (Phi) is 2.97. The summed E-state index contributed by atoms with van der Waals surface area (Å²) in [5.74, 6) is 0.676. The Morgan fingerprint density at radius 2 is 1.82 bits per heavy atom. The van der Waals surface area contributed by atoms with E-state index in [1.165, 1.54) is 0 Å². The fraction of sp³-hybridized carbons (Fsp3) is 0.0526. The molecule has 1 aliphatic rings. The number of rotatable bonds is 1. The maximum absolute atomic E-state index is 12.6.